The van der Waals surface area contributed by atoms with Crippen molar-refractivity contribution in [2.45, 2.75) is 39.2 Å². The molecule has 0 spiro atoms. The quantitative estimate of drug-likeness (QED) is 0.617. The summed E-state index contributed by atoms with van der Waals surface area (Å²) in [7, 11) is 0. The molecule has 18 heavy (non-hydrogen) atoms. The molecule has 0 aromatic carbocycles. The van der Waals surface area contributed by atoms with Gasteiger partial charge < -0.3 is 10.3 Å². The third-order valence-electron chi connectivity index (χ3n) is 3.17. The van der Waals surface area contributed by atoms with Gasteiger partial charge in [-0.2, -0.15) is 0 Å². The molecule has 0 aliphatic heterocycles. The fourth-order valence-corrected chi connectivity index (χ4v) is 1.68. The van der Waals surface area contributed by atoms with E-state index in [4.69, 9.17) is 6.42 Å². The van der Waals surface area contributed by atoms with Crippen LogP contribution in [-0.2, 0) is 0 Å². The molecule has 0 fully saturated rings. The highest BCUT2D eigenvalue weighted by Gasteiger charge is 2.26. The maximum Gasteiger partial charge on any atom is 0.268 e. The number of amides is 1. The minimum atomic E-state index is -0.626. The molecule has 1 amide bonds. The zero-order chi connectivity index (χ0) is 13.8. The lowest BCUT2D eigenvalue weighted by atomic mass is 9.94. The molecule has 0 aliphatic carbocycles. The van der Waals surface area contributed by atoms with Crippen molar-refractivity contribution in [1.82, 2.24) is 10.3 Å². The first-order valence-corrected chi connectivity index (χ1v) is 5.97. The first-order chi connectivity index (χ1) is 8.48. The van der Waals surface area contributed by atoms with Gasteiger partial charge in [0, 0.05) is 11.8 Å². The summed E-state index contributed by atoms with van der Waals surface area (Å²) in [6, 6.07) is 1.53. The predicted molar refractivity (Wildman–Crippen MR) is 70.4 cm³/mol. The fraction of sp³-hybridized carbons (Fsp3) is 0.429. The Morgan fingerprint density at radius 1 is 1.44 bits per heavy atom. The molecule has 0 radical (unpaired) electrons. The van der Waals surface area contributed by atoms with Gasteiger partial charge >= 0.3 is 0 Å². The number of ketones is 1. The zero-order valence-electron chi connectivity index (χ0n) is 11.0. The Morgan fingerprint density at radius 3 is 2.44 bits per heavy atom. The molecule has 2 N–H and O–H groups in total. The van der Waals surface area contributed by atoms with E-state index in [0.29, 0.717) is 24.1 Å². The summed E-state index contributed by atoms with van der Waals surface area (Å²) in [6.45, 7) is 5.31. The van der Waals surface area contributed by atoms with Crippen molar-refractivity contribution in [3.05, 3.63) is 23.5 Å². The molecule has 1 aromatic heterocycles. The molecule has 0 saturated heterocycles. The Kier molecular flexibility index (Phi) is 4.33. The van der Waals surface area contributed by atoms with Gasteiger partial charge in [0.15, 0.2) is 5.78 Å². The predicted octanol–water partition coefficient (Wildman–Crippen LogP) is 2.14. The Hall–Kier alpha value is -2.02. The third-order valence-corrected chi connectivity index (χ3v) is 3.17. The molecular formula is C14H18N2O2. The lowest BCUT2D eigenvalue weighted by Gasteiger charge is -2.26. The number of rotatable bonds is 5. The van der Waals surface area contributed by atoms with E-state index in [2.05, 4.69) is 16.2 Å². The van der Waals surface area contributed by atoms with Crippen LogP contribution in [0.15, 0.2) is 12.3 Å². The highest BCUT2D eigenvalue weighted by atomic mass is 16.2. The Balaban J connectivity index is 2.88. The van der Waals surface area contributed by atoms with Crippen LogP contribution in [0.2, 0.25) is 0 Å². The first-order valence-electron chi connectivity index (χ1n) is 5.97. The van der Waals surface area contributed by atoms with E-state index in [-0.39, 0.29) is 11.7 Å². The van der Waals surface area contributed by atoms with Gasteiger partial charge in [0.25, 0.3) is 5.91 Å². The number of nitrogens with one attached hydrogen (secondary N) is 2. The second-order valence-electron chi connectivity index (χ2n) is 4.25. The van der Waals surface area contributed by atoms with E-state index in [9.17, 15) is 9.59 Å². The van der Waals surface area contributed by atoms with Gasteiger partial charge in [0.2, 0.25) is 0 Å². The van der Waals surface area contributed by atoms with Crippen molar-refractivity contribution in [2.24, 2.45) is 0 Å². The summed E-state index contributed by atoms with van der Waals surface area (Å²) >= 11 is 0. The Labute approximate surface area is 107 Å². The van der Waals surface area contributed by atoms with Gasteiger partial charge in [-0.3, -0.25) is 9.59 Å². The number of Topliss-reactive ketones (excluding diaryl/α,β-unsaturated/α-hetero) is 1. The molecule has 1 aromatic rings. The van der Waals surface area contributed by atoms with Gasteiger partial charge in [0.1, 0.15) is 11.2 Å². The van der Waals surface area contributed by atoms with Crippen LogP contribution in [0, 0.1) is 12.3 Å². The van der Waals surface area contributed by atoms with Crippen LogP contribution in [0.1, 0.15) is 54.5 Å². The topological polar surface area (TPSA) is 62.0 Å². The highest BCUT2D eigenvalue weighted by molar-refractivity contribution is 5.99. The van der Waals surface area contributed by atoms with E-state index < -0.39 is 5.54 Å². The van der Waals surface area contributed by atoms with Crippen molar-refractivity contribution in [3.63, 3.8) is 0 Å². The molecule has 1 heterocycles. The fourth-order valence-electron chi connectivity index (χ4n) is 1.68. The minimum absolute atomic E-state index is 0.0838. The smallest absolute Gasteiger partial charge is 0.268 e. The molecule has 0 aliphatic rings. The van der Waals surface area contributed by atoms with Gasteiger partial charge in [-0.15, -0.1) is 6.42 Å². The Morgan fingerprint density at radius 2 is 2.06 bits per heavy atom. The van der Waals surface area contributed by atoms with Crippen LogP contribution in [0.5, 0.6) is 0 Å². The van der Waals surface area contributed by atoms with Crippen LogP contribution < -0.4 is 5.32 Å². The van der Waals surface area contributed by atoms with Crippen molar-refractivity contribution >= 4 is 11.7 Å². The van der Waals surface area contributed by atoms with Gasteiger partial charge in [0.05, 0.1) is 0 Å². The number of hydrogen-bond acceptors (Lipinski definition) is 2. The standard InChI is InChI=1S/C14H18N2O2/c1-5-14(6-2,7-3)16-13(18)12-8-11(9-15-12)10(4)17/h1,8-9,15H,6-7H2,2-4H3,(H,16,18). The van der Waals surface area contributed by atoms with Crippen molar-refractivity contribution in [1.29, 1.82) is 0 Å². The summed E-state index contributed by atoms with van der Waals surface area (Å²) < 4.78 is 0. The van der Waals surface area contributed by atoms with E-state index in [1.54, 1.807) is 0 Å². The van der Waals surface area contributed by atoms with Gasteiger partial charge in [-0.1, -0.05) is 19.8 Å². The van der Waals surface area contributed by atoms with Crippen LogP contribution in [-0.4, -0.2) is 22.2 Å². The van der Waals surface area contributed by atoms with E-state index in [0.717, 1.165) is 0 Å². The molecule has 0 bridgehead atoms. The SMILES string of the molecule is C#CC(CC)(CC)NC(=O)c1cc(C(C)=O)c[nH]1. The summed E-state index contributed by atoms with van der Waals surface area (Å²) in [4.78, 5) is 26.0. The highest BCUT2D eigenvalue weighted by Crippen LogP contribution is 2.15. The first kappa shape index (κ1) is 14.0. The van der Waals surface area contributed by atoms with Gasteiger partial charge in [-0.05, 0) is 25.8 Å². The van der Waals surface area contributed by atoms with E-state index in [1.165, 1.54) is 19.2 Å². The zero-order valence-corrected chi connectivity index (χ0v) is 11.0. The summed E-state index contributed by atoms with van der Waals surface area (Å²) in [5, 5.41) is 2.83. The second-order valence-corrected chi connectivity index (χ2v) is 4.25. The normalized spacial score (nSPS) is 10.8. The molecule has 1 rings (SSSR count). The Bertz CT molecular complexity index is 490. The van der Waals surface area contributed by atoms with Gasteiger partial charge in [-0.25, -0.2) is 0 Å². The molecule has 4 nitrogen and oxygen atoms in total. The molecule has 0 unspecified atom stereocenters. The molecule has 0 atom stereocenters. The van der Waals surface area contributed by atoms with Crippen LogP contribution >= 0.6 is 0 Å². The van der Waals surface area contributed by atoms with Crippen LogP contribution in [0.3, 0.4) is 0 Å². The van der Waals surface area contributed by atoms with Crippen LogP contribution in [0.4, 0.5) is 0 Å². The maximum atomic E-state index is 12.0. The van der Waals surface area contributed by atoms with Crippen molar-refractivity contribution in [3.8, 4) is 12.3 Å². The average molecular weight is 246 g/mol. The molecule has 96 valence electrons. The lowest BCUT2D eigenvalue weighted by molar-refractivity contribution is 0.0911. The molecular weight excluding hydrogens is 228 g/mol. The lowest BCUT2D eigenvalue weighted by Crippen LogP contribution is -2.46. The minimum Gasteiger partial charge on any atom is -0.356 e. The number of terminal acetylenes is 1. The number of carbonyl (C=O) groups is 2. The number of carbonyl (C=O) groups excluding carboxylic acids is 2. The second kappa shape index (κ2) is 5.54. The number of hydrogen-bond donors (Lipinski definition) is 2. The number of H-pyrrole nitrogens is 1. The maximum absolute atomic E-state index is 12.0. The average Bonchev–Trinajstić information content (AvgIpc) is 2.86. The molecule has 4 heteroatoms. The summed E-state index contributed by atoms with van der Waals surface area (Å²) in [6.07, 6.45) is 8.32. The van der Waals surface area contributed by atoms with Crippen molar-refractivity contribution in [2.75, 3.05) is 0 Å². The van der Waals surface area contributed by atoms with E-state index in [1.807, 2.05) is 13.8 Å². The molecule has 0 saturated carbocycles. The largest absolute Gasteiger partial charge is 0.356 e. The van der Waals surface area contributed by atoms with Crippen molar-refractivity contribution < 1.29 is 9.59 Å². The third kappa shape index (κ3) is 2.80. The monoisotopic (exact) mass is 246 g/mol. The summed E-state index contributed by atoms with van der Waals surface area (Å²) in [5.41, 5.74) is 0.208. The van der Waals surface area contributed by atoms with E-state index >= 15 is 0 Å². The van der Waals surface area contributed by atoms with Crippen LogP contribution in [0.25, 0.3) is 0 Å². The number of aromatic amines is 1. The summed E-state index contributed by atoms with van der Waals surface area (Å²) in [5.74, 6) is 2.26. The number of aromatic nitrogens is 1.